The third kappa shape index (κ3) is 30.1. The molecule has 8 rings (SSSR count). The summed E-state index contributed by atoms with van der Waals surface area (Å²) in [6.45, 7) is 4.24. The number of carbonyl (C=O) groups excluding carboxylic acids is 15. The molecule has 40 heteroatoms. The van der Waals surface area contributed by atoms with E-state index in [1.165, 1.54) is 55.2 Å². The number of carbonyl (C=O) groups is 16. The van der Waals surface area contributed by atoms with E-state index >= 15 is 28.4 Å². The van der Waals surface area contributed by atoms with E-state index in [1.807, 2.05) is 6.92 Å². The number of H-pyrrole nitrogens is 1. The number of hydrogen-bond acceptors (Lipinski definition) is 22. The number of fused-ring (bicyclic) bond motifs is 1. The lowest BCUT2D eigenvalue weighted by atomic mass is 9.99. The lowest BCUT2D eigenvalue weighted by molar-refractivity contribution is -0.152. The third-order valence-electron chi connectivity index (χ3n) is 23.3. The Kier molecular flexibility index (Phi) is 40.5. The van der Waals surface area contributed by atoms with Gasteiger partial charge in [-0.2, -0.15) is 0 Å². The molecular formula is C92H122F2N18O19S. The number of unbranched alkanes of at least 4 members (excludes halogenated alkanes) is 1. The number of para-hydroxylation sites is 1. The molecule has 3 heterocycles. The van der Waals surface area contributed by atoms with Crippen molar-refractivity contribution in [1.29, 1.82) is 0 Å². The largest absolute Gasteiger partial charge is 0.508 e. The van der Waals surface area contributed by atoms with Crippen molar-refractivity contribution in [3.05, 3.63) is 173 Å². The van der Waals surface area contributed by atoms with E-state index in [2.05, 4.69) is 47.5 Å². The molecule has 2 fully saturated rings. The summed E-state index contributed by atoms with van der Waals surface area (Å²) in [7, 11) is 3.99. The molecule has 2 saturated heterocycles. The number of primary amides is 1. The van der Waals surface area contributed by atoms with Crippen LogP contribution in [0.3, 0.4) is 0 Å². The normalized spacial score (nSPS) is 16.7. The monoisotopic (exact) mass is 1850 g/mol. The maximum Gasteiger partial charge on any atom is 0.305 e. The Morgan fingerprint density at radius 3 is 1.77 bits per heavy atom. The van der Waals surface area contributed by atoms with E-state index in [0.717, 1.165) is 38.5 Å². The average molecular weight is 1850 g/mol. The number of carboxylic acids is 1. The highest BCUT2D eigenvalue weighted by atomic mass is 32.2. The Hall–Kier alpha value is -12.8. The van der Waals surface area contributed by atoms with E-state index in [-0.39, 0.29) is 108 Å². The van der Waals surface area contributed by atoms with Gasteiger partial charge in [0.2, 0.25) is 82.7 Å². The molecule has 0 saturated carbocycles. The van der Waals surface area contributed by atoms with E-state index in [1.54, 1.807) is 105 Å². The number of likely N-dealkylation sites (N-methyl/N-ethyl adjacent to an activating group) is 3. The van der Waals surface area contributed by atoms with Crippen LogP contribution in [0.1, 0.15) is 119 Å². The molecule has 0 spiro atoms. The summed E-state index contributed by atoms with van der Waals surface area (Å²) >= 11 is 0.710. The van der Waals surface area contributed by atoms with Crippen molar-refractivity contribution in [2.75, 3.05) is 65.4 Å². The van der Waals surface area contributed by atoms with Crippen molar-refractivity contribution >= 4 is 118 Å². The van der Waals surface area contributed by atoms with Crippen LogP contribution in [0.2, 0.25) is 0 Å². The molecule has 132 heavy (non-hydrogen) atoms. The number of aliphatic hydroxyl groups excluding tert-OH is 1. The highest BCUT2D eigenvalue weighted by Crippen LogP contribution is 2.28. The second kappa shape index (κ2) is 51.1. The lowest BCUT2D eigenvalue weighted by Gasteiger charge is -2.38. The van der Waals surface area contributed by atoms with Crippen molar-refractivity contribution in [3.63, 3.8) is 0 Å². The number of β-amino-alcohol motifs (C(OH)–C–C–N with tert-alkyl or cyclic N) is 1. The van der Waals surface area contributed by atoms with Gasteiger partial charge in [0.05, 0.1) is 36.9 Å². The molecule has 14 atom stereocenters. The van der Waals surface area contributed by atoms with Crippen molar-refractivity contribution in [2.45, 2.75) is 208 Å². The topological polar surface area (TPSA) is 566 Å². The molecule has 5 aromatic carbocycles. The molecule has 20 N–H and O–H groups in total. The van der Waals surface area contributed by atoms with Crippen LogP contribution in [-0.2, 0) is 109 Å². The van der Waals surface area contributed by atoms with Crippen LogP contribution < -0.4 is 65.5 Å². The Labute approximate surface area is 767 Å². The second-order valence-corrected chi connectivity index (χ2v) is 34.5. The molecule has 37 nitrogen and oxygen atoms in total. The number of aliphatic carboxylic acids is 1. The van der Waals surface area contributed by atoms with E-state index < -0.39 is 222 Å². The number of nitrogens with zero attached hydrogens (tertiary/aromatic N) is 5. The molecule has 0 aliphatic carbocycles. The number of aromatic amines is 1. The smallest absolute Gasteiger partial charge is 0.305 e. The van der Waals surface area contributed by atoms with Crippen molar-refractivity contribution in [3.8, 4) is 5.75 Å². The minimum absolute atomic E-state index is 0.00638. The van der Waals surface area contributed by atoms with Gasteiger partial charge in [0.1, 0.15) is 78.5 Å². The van der Waals surface area contributed by atoms with Gasteiger partial charge < -0.3 is 115 Å². The fourth-order valence-electron chi connectivity index (χ4n) is 15.9. The quantitative estimate of drug-likeness (QED) is 0.0226. The number of nitrogens with two attached hydrogens (primary N) is 4. The number of phenols is 1. The number of rotatable bonds is 51. The zero-order valence-electron chi connectivity index (χ0n) is 74.8. The molecule has 714 valence electrons. The minimum Gasteiger partial charge on any atom is -0.508 e. The first kappa shape index (κ1) is 105. The molecule has 2 aliphatic heterocycles. The number of carboxylic acid groups (broad SMARTS) is 1. The number of amides is 14. The number of benzene rings is 5. The van der Waals surface area contributed by atoms with Gasteiger partial charge in [0.25, 0.3) is 0 Å². The van der Waals surface area contributed by atoms with Gasteiger partial charge in [-0.3, -0.25) is 71.9 Å². The summed E-state index contributed by atoms with van der Waals surface area (Å²) in [5, 5.41) is 52.6. The van der Waals surface area contributed by atoms with Gasteiger partial charge in [-0.15, -0.1) is 11.8 Å². The first-order chi connectivity index (χ1) is 62.9. The van der Waals surface area contributed by atoms with Gasteiger partial charge in [-0.25, -0.2) is 8.78 Å². The minimum atomic E-state index is -1.79. The average Bonchev–Trinajstić information content (AvgIpc) is 1.70. The fourth-order valence-corrected chi connectivity index (χ4v) is 16.7. The van der Waals surface area contributed by atoms with Crippen LogP contribution in [-0.4, -0.2) is 290 Å². The van der Waals surface area contributed by atoms with Crippen molar-refractivity contribution < 1.29 is 101 Å². The number of aldehydes is 1. The molecular weight excluding hydrogens is 1730 g/mol. The summed E-state index contributed by atoms with van der Waals surface area (Å²) in [6, 6.07) is 14.0. The van der Waals surface area contributed by atoms with Crippen LogP contribution in [0.25, 0.3) is 10.9 Å². The maximum atomic E-state index is 15.6. The predicted octanol–water partition coefficient (Wildman–Crippen LogP) is 0.152. The summed E-state index contributed by atoms with van der Waals surface area (Å²) in [5.74, 6) is -18.5. The Bertz CT molecular complexity index is 5000. The lowest BCUT2D eigenvalue weighted by Crippen LogP contribution is -2.60. The van der Waals surface area contributed by atoms with Crippen LogP contribution in [0, 0.1) is 17.6 Å². The fraction of sp³-hybridized carbons (Fsp3) is 0.478. The molecule has 0 radical (unpaired) electrons. The first-order valence-corrected chi connectivity index (χ1v) is 45.1. The number of nitrogens with one attached hydrogen (secondary N) is 9. The highest BCUT2D eigenvalue weighted by molar-refractivity contribution is 8.00. The number of aromatic nitrogens is 1. The van der Waals surface area contributed by atoms with E-state index in [4.69, 9.17) is 22.9 Å². The van der Waals surface area contributed by atoms with Crippen LogP contribution >= 0.6 is 11.8 Å². The highest BCUT2D eigenvalue weighted by Gasteiger charge is 2.46. The second-order valence-electron chi connectivity index (χ2n) is 33.5. The molecule has 14 amide bonds. The molecule has 2 aliphatic rings. The van der Waals surface area contributed by atoms with Crippen molar-refractivity contribution in [2.24, 2.45) is 28.9 Å². The number of aromatic hydroxyl groups is 1. The van der Waals surface area contributed by atoms with Gasteiger partial charge in [-0.1, -0.05) is 131 Å². The van der Waals surface area contributed by atoms with Gasteiger partial charge in [0, 0.05) is 89.2 Å². The number of phenolic OH excluding ortho intramolecular Hbond substituents is 1. The zero-order valence-corrected chi connectivity index (χ0v) is 75.6. The molecule has 0 unspecified atom stereocenters. The summed E-state index contributed by atoms with van der Waals surface area (Å²) in [5.41, 5.74) is 26.2. The first-order valence-electron chi connectivity index (χ1n) is 44.0. The third-order valence-corrected chi connectivity index (χ3v) is 24.3. The molecule has 6 aromatic rings. The Morgan fingerprint density at radius 2 is 1.14 bits per heavy atom. The number of aliphatic hydroxyl groups is 1. The SMILES string of the molecule is CCCC[C@@H](C(=O)N1CCC[C@@H]1C(=O)N[C@@H](CC(=O)O)C(=O)N[C@H](C(=O)N(C)[C@@H](C=O)Cc1ccccc1)C(C)C)N(C)C(=O)[C@H](Cc1ccccc1)N(C)C(=O)[C@H](Cc1ccc(F)c(F)c1)NC(=O)CSC[C@H](NC(=O)[C@H](CCCN)NC(=O)[C@H](Cc1ccc(O)cc1)NC(=O)[C@H](Cc1c[nH]c2ccccc12)NC(=O)[C@H]1C[C@@H](O)CN1C(=O)[C@@H](N)CCCN)C(=O)NCC(N)=O. The number of likely N-dealkylation sites (tertiary alicyclic amines) is 2. The van der Waals surface area contributed by atoms with E-state index in [0.29, 0.717) is 64.9 Å². The molecule has 0 bridgehead atoms. The number of thioether (sulfide) groups is 1. The summed E-state index contributed by atoms with van der Waals surface area (Å²) in [6.07, 6.45) is 0.317. The van der Waals surface area contributed by atoms with Gasteiger partial charge >= 0.3 is 5.97 Å². The number of hydrogen-bond donors (Lipinski definition) is 16. The summed E-state index contributed by atoms with van der Waals surface area (Å²) < 4.78 is 29.8. The van der Waals surface area contributed by atoms with Crippen LogP contribution in [0.15, 0.2) is 134 Å². The Morgan fingerprint density at radius 1 is 0.576 bits per heavy atom. The number of halogens is 2. The van der Waals surface area contributed by atoms with Gasteiger partial charge in [0.15, 0.2) is 11.6 Å². The zero-order chi connectivity index (χ0) is 96.6. The summed E-state index contributed by atoms with van der Waals surface area (Å²) in [4.78, 5) is 237. The molecule has 1 aromatic heterocycles. The standard InChI is InChI=1S/C92H122F2N18O19S/c1-7-8-28-74(91(130)111-38-19-29-73(111)86(125)105-70(46-79(118)119)85(124)107-80(53(2)3)92(131)108(4)59(50-113)39-54-20-11-9-12-21-54)109(5)90(129)76(43-55-22-13-10-14-23-55)110(6)89(128)71(42-57-32-35-63(93)64(94)40-57)101-78(117)52-132-51-72(81(120)100-48-77(98)116)106-82(121)67(27-18-37-96)102-83(122)68(41-56-30-33-60(114)34-31-56)103-84(123)69(44-58-47-99-66-26-16-15-24-62(58)66)104-87(126)75-45-61(115)49-112(75)88(127)65(97)25-17-36-95/h9-16,20-24,26,30-35,40,47,50,53,59,61,65,67-76,80,99,114-115H,7-8,17-19,25,27-29,36-39,41-46,48-49,51-52,95-97H2,1-6H3,(H2,98,116)(H,100,120)(H,101,117)(H,102,122)(H,103,123)(H,104,126)(H,105,125)(H,106,121)(H,107,124)(H,118,119)/t59-,61-,65+,67+,68+,69+,70+,71+,72+,73-,74+,75-,76+,80+/m1/s1. The van der Waals surface area contributed by atoms with Crippen molar-refractivity contribution in [1.82, 2.24) is 72.0 Å². The van der Waals surface area contributed by atoms with E-state index in [9.17, 15) is 72.4 Å². The Balaban J connectivity index is 1.01. The predicted molar refractivity (Wildman–Crippen MR) is 485 cm³/mol. The maximum absolute atomic E-state index is 15.6. The van der Waals surface area contributed by atoms with Crippen LogP contribution in [0.4, 0.5) is 8.78 Å². The van der Waals surface area contributed by atoms with Crippen LogP contribution in [0.5, 0.6) is 5.75 Å². The van der Waals surface area contributed by atoms with Gasteiger partial charge in [-0.05, 0) is 129 Å².